The van der Waals surface area contributed by atoms with Crippen LogP contribution in [0.2, 0.25) is 17.3 Å². The Morgan fingerprint density at radius 2 is 1.56 bits per heavy atom. The molecule has 4 aromatic heterocycles. The predicted molar refractivity (Wildman–Crippen MR) is 143 cm³/mol. The van der Waals surface area contributed by atoms with E-state index in [0.29, 0.717) is 5.71 Å². The molecule has 6 rings (SSSR count). The van der Waals surface area contributed by atoms with Crippen LogP contribution in [0.25, 0.3) is 55.4 Å². The fourth-order valence-electron chi connectivity index (χ4n) is 4.53. The quantitative estimate of drug-likeness (QED) is 0.241. The third-order valence-corrected chi connectivity index (χ3v) is 10.7. The number of rotatable bonds is 3. The van der Waals surface area contributed by atoms with Gasteiger partial charge in [0.05, 0.1) is 0 Å². The molecule has 0 unspecified atom stereocenters. The van der Waals surface area contributed by atoms with Crippen molar-refractivity contribution in [2.45, 2.75) is 24.2 Å². The summed E-state index contributed by atoms with van der Waals surface area (Å²) in [6, 6.07) is 23.6. The second kappa shape index (κ2) is 7.78. The van der Waals surface area contributed by atoms with E-state index < -0.39 is 13.3 Å². The normalized spacial score (nSPS) is 12.1. The average molecular weight is 504 g/mol. The third kappa shape index (κ3) is 3.50. The molecule has 6 aromatic rings. The summed E-state index contributed by atoms with van der Waals surface area (Å²) in [5, 5.41) is 3.12. The van der Waals surface area contributed by atoms with E-state index in [-0.39, 0.29) is 0 Å². The van der Waals surface area contributed by atoms with Crippen molar-refractivity contribution in [2.75, 3.05) is 0 Å². The van der Waals surface area contributed by atoms with Gasteiger partial charge in [0.15, 0.2) is 0 Å². The first kappa shape index (κ1) is 21.1. The minimum atomic E-state index is -2.00. The average Bonchev–Trinajstić information content (AvgIpc) is 3.20. The van der Waals surface area contributed by atoms with Crippen molar-refractivity contribution in [1.82, 2.24) is 15.0 Å². The second-order valence-corrected chi connectivity index (χ2v) is 20.5. The molecule has 0 spiro atoms. The number of hydrogen-bond donors (Lipinski definition) is 0. The topological polar surface area (TPSA) is 51.8 Å². The Bertz CT molecular complexity index is 1700. The third-order valence-electron chi connectivity index (χ3n) is 6.42. The van der Waals surface area contributed by atoms with E-state index in [9.17, 15) is 0 Å². The van der Waals surface area contributed by atoms with Crippen LogP contribution >= 0.6 is 0 Å². The van der Waals surface area contributed by atoms with Crippen LogP contribution in [0.5, 0.6) is 0 Å². The molecule has 34 heavy (non-hydrogen) atoms. The Hall–Kier alpha value is -3.51. The number of aromatic nitrogens is 3. The van der Waals surface area contributed by atoms with Gasteiger partial charge in [-0.3, -0.25) is 0 Å². The molecule has 4 nitrogen and oxygen atoms in total. The van der Waals surface area contributed by atoms with Crippen LogP contribution in [-0.2, 0) is 0 Å². The Balaban J connectivity index is 1.66. The van der Waals surface area contributed by atoms with E-state index in [4.69, 9.17) is 9.40 Å². The van der Waals surface area contributed by atoms with E-state index >= 15 is 0 Å². The molecule has 0 atom stereocenters. The maximum absolute atomic E-state index is 6.26. The van der Waals surface area contributed by atoms with Gasteiger partial charge in [-0.2, -0.15) is 0 Å². The molecule has 0 saturated carbocycles. The molecule has 0 aliphatic rings. The Morgan fingerprint density at radius 3 is 2.35 bits per heavy atom. The summed E-state index contributed by atoms with van der Waals surface area (Å²) in [5.74, 6) is 7.28. The minimum absolute atomic E-state index is 0.634. The molecule has 0 aliphatic carbocycles. The van der Waals surface area contributed by atoms with Crippen LogP contribution < -0.4 is 4.40 Å². The number of nitrogens with zero attached hydrogens (tertiary/aromatic N) is 3. The standard InChI is InChI=1S/C29H25GeN3O/c1-18-10-12-21-24-16-31-17-25(28(24)34-29(21)32-18)27-15-22(19-8-6-5-7-9-19)23-14-20(30(2,3)4)11-13-26(23)33-27/h5-17H,1-4H3. The first-order valence-electron chi connectivity index (χ1n) is 11.5. The molecular weight excluding hydrogens is 479 g/mol. The molecule has 0 fully saturated rings. The molecule has 0 radical (unpaired) electrons. The molecule has 2 aromatic carbocycles. The molecular formula is C29H25GeN3O. The van der Waals surface area contributed by atoms with E-state index in [1.54, 1.807) is 0 Å². The van der Waals surface area contributed by atoms with Crippen LogP contribution in [0.3, 0.4) is 0 Å². The zero-order chi connectivity index (χ0) is 23.4. The number of furan rings is 1. The zero-order valence-electron chi connectivity index (χ0n) is 19.8. The van der Waals surface area contributed by atoms with Crippen LogP contribution in [-0.4, -0.2) is 28.2 Å². The van der Waals surface area contributed by atoms with E-state index in [1.165, 1.54) is 20.9 Å². The van der Waals surface area contributed by atoms with Crippen molar-refractivity contribution in [3.8, 4) is 22.4 Å². The molecule has 166 valence electrons. The van der Waals surface area contributed by atoms with Crippen molar-refractivity contribution >= 4 is 50.6 Å². The van der Waals surface area contributed by atoms with Crippen molar-refractivity contribution in [3.05, 3.63) is 84.8 Å². The molecule has 0 amide bonds. The van der Waals surface area contributed by atoms with Crippen molar-refractivity contribution < 1.29 is 4.42 Å². The number of benzene rings is 2. The van der Waals surface area contributed by atoms with Gasteiger partial charge >= 0.3 is 194 Å². The monoisotopic (exact) mass is 505 g/mol. The van der Waals surface area contributed by atoms with Crippen molar-refractivity contribution in [3.63, 3.8) is 0 Å². The number of aryl methyl sites for hydroxylation is 1. The molecule has 0 saturated heterocycles. The molecule has 0 aliphatic heterocycles. The van der Waals surface area contributed by atoms with Gasteiger partial charge in [0.1, 0.15) is 0 Å². The number of pyridine rings is 3. The van der Waals surface area contributed by atoms with Gasteiger partial charge in [-0.25, -0.2) is 0 Å². The fourth-order valence-corrected chi connectivity index (χ4v) is 6.97. The van der Waals surface area contributed by atoms with Crippen LogP contribution in [0.4, 0.5) is 0 Å². The molecule has 4 heterocycles. The van der Waals surface area contributed by atoms with Gasteiger partial charge in [0.25, 0.3) is 0 Å². The second-order valence-electron chi connectivity index (χ2n) is 9.87. The Morgan fingerprint density at radius 1 is 0.735 bits per heavy atom. The van der Waals surface area contributed by atoms with Gasteiger partial charge in [-0.15, -0.1) is 0 Å². The summed E-state index contributed by atoms with van der Waals surface area (Å²) >= 11 is -2.00. The summed E-state index contributed by atoms with van der Waals surface area (Å²) in [6.45, 7) is 1.97. The van der Waals surface area contributed by atoms with Crippen LogP contribution in [0.1, 0.15) is 5.69 Å². The summed E-state index contributed by atoms with van der Waals surface area (Å²) in [6.07, 6.45) is 3.70. The maximum atomic E-state index is 6.26. The Kier molecular flexibility index (Phi) is 4.81. The van der Waals surface area contributed by atoms with Crippen molar-refractivity contribution in [1.29, 1.82) is 0 Å². The number of fused-ring (bicyclic) bond motifs is 4. The molecule has 5 heteroatoms. The SMILES string of the molecule is Cc1ccc2c(n1)oc1c(-c3cc(-c4ccccc4)c4c[c]([Ge]([CH3])([CH3])[CH3])ccc4n3)cncc12. The van der Waals surface area contributed by atoms with Gasteiger partial charge in [-0.1, -0.05) is 0 Å². The van der Waals surface area contributed by atoms with E-state index in [2.05, 4.69) is 87.9 Å². The molecule has 0 N–H and O–H groups in total. The first-order chi connectivity index (χ1) is 16.4. The summed E-state index contributed by atoms with van der Waals surface area (Å²) in [7, 11) is 0. The first-order valence-corrected chi connectivity index (χ1v) is 18.9. The fraction of sp³-hybridized carbons (Fsp3) is 0.138. The van der Waals surface area contributed by atoms with E-state index in [1.807, 2.05) is 25.4 Å². The Labute approximate surface area is 201 Å². The van der Waals surface area contributed by atoms with Gasteiger partial charge < -0.3 is 0 Å². The number of hydrogen-bond acceptors (Lipinski definition) is 4. The predicted octanol–water partition coefficient (Wildman–Crippen LogP) is 7.11. The van der Waals surface area contributed by atoms with Crippen LogP contribution in [0.15, 0.2) is 83.5 Å². The van der Waals surface area contributed by atoms with Gasteiger partial charge in [0, 0.05) is 0 Å². The van der Waals surface area contributed by atoms with Gasteiger partial charge in [-0.05, 0) is 6.92 Å². The van der Waals surface area contributed by atoms with Gasteiger partial charge in [0.2, 0.25) is 0 Å². The zero-order valence-corrected chi connectivity index (χ0v) is 21.9. The van der Waals surface area contributed by atoms with E-state index in [0.717, 1.165) is 38.8 Å². The van der Waals surface area contributed by atoms with Crippen molar-refractivity contribution in [2.24, 2.45) is 0 Å². The van der Waals surface area contributed by atoms with Crippen LogP contribution in [0, 0.1) is 6.92 Å². The summed E-state index contributed by atoms with van der Waals surface area (Å²) < 4.78 is 7.73. The summed E-state index contributed by atoms with van der Waals surface area (Å²) in [4.78, 5) is 14.2. The molecule has 0 bridgehead atoms. The summed E-state index contributed by atoms with van der Waals surface area (Å²) in [5.41, 5.74) is 7.40.